The molecule has 2 rings (SSSR count). The average molecular weight is 274 g/mol. The Hall–Kier alpha value is -0.860. The Morgan fingerprint density at radius 3 is 2.10 bits per heavy atom. The van der Waals surface area contributed by atoms with E-state index in [9.17, 15) is 0 Å². The summed E-state index contributed by atoms with van der Waals surface area (Å²) in [7, 11) is 0. The Labute approximate surface area is 124 Å². The minimum Gasteiger partial charge on any atom is -0.314 e. The number of unbranched alkanes of at least 4 members (excludes halogenated alkanes) is 2. The Kier molecular flexibility index (Phi) is 7.10. The Morgan fingerprint density at radius 1 is 0.900 bits per heavy atom. The molecule has 1 aromatic carbocycles. The van der Waals surface area contributed by atoms with Crippen molar-refractivity contribution >= 4 is 0 Å². The Morgan fingerprint density at radius 2 is 1.50 bits per heavy atom. The molecule has 1 fully saturated rings. The summed E-state index contributed by atoms with van der Waals surface area (Å²) in [5, 5.41) is 3.41. The first-order valence-electron chi connectivity index (χ1n) is 8.39. The third-order valence-electron chi connectivity index (χ3n) is 4.24. The number of nitrogens with zero attached hydrogens (tertiary/aromatic N) is 1. The molecule has 1 N–H and O–H groups in total. The van der Waals surface area contributed by atoms with Gasteiger partial charge in [-0.25, -0.2) is 0 Å². The van der Waals surface area contributed by atoms with Crippen molar-refractivity contribution in [1.29, 1.82) is 0 Å². The van der Waals surface area contributed by atoms with Crippen LogP contribution in [0.15, 0.2) is 24.3 Å². The van der Waals surface area contributed by atoms with Crippen molar-refractivity contribution in [2.24, 2.45) is 0 Å². The molecule has 0 saturated carbocycles. The minimum atomic E-state index is 1.17. The summed E-state index contributed by atoms with van der Waals surface area (Å²) in [4.78, 5) is 2.59. The van der Waals surface area contributed by atoms with E-state index in [4.69, 9.17) is 0 Å². The lowest BCUT2D eigenvalue weighted by molar-refractivity contribution is 0.237. The highest BCUT2D eigenvalue weighted by atomic mass is 15.2. The maximum Gasteiger partial charge on any atom is 0.0107 e. The second-order valence-corrected chi connectivity index (χ2v) is 5.97. The van der Waals surface area contributed by atoms with Gasteiger partial charge in [-0.3, -0.25) is 0 Å². The molecule has 2 heteroatoms. The highest BCUT2D eigenvalue weighted by Crippen LogP contribution is 2.10. The first-order valence-corrected chi connectivity index (χ1v) is 8.39. The van der Waals surface area contributed by atoms with Crippen LogP contribution >= 0.6 is 0 Å². The van der Waals surface area contributed by atoms with E-state index in [0.29, 0.717) is 0 Å². The van der Waals surface area contributed by atoms with Crippen LogP contribution in [0.25, 0.3) is 0 Å². The van der Waals surface area contributed by atoms with Crippen molar-refractivity contribution in [3.63, 3.8) is 0 Å². The molecule has 112 valence electrons. The van der Waals surface area contributed by atoms with E-state index in [2.05, 4.69) is 41.4 Å². The molecule has 1 aliphatic rings. The third-order valence-corrected chi connectivity index (χ3v) is 4.24. The van der Waals surface area contributed by atoms with Gasteiger partial charge in [-0.1, -0.05) is 37.6 Å². The van der Waals surface area contributed by atoms with E-state index in [1.165, 1.54) is 82.4 Å². The molecule has 0 radical (unpaired) electrons. The molecule has 0 unspecified atom stereocenters. The van der Waals surface area contributed by atoms with Crippen LogP contribution in [0.3, 0.4) is 0 Å². The van der Waals surface area contributed by atoms with Crippen LogP contribution < -0.4 is 5.32 Å². The highest BCUT2D eigenvalue weighted by Gasteiger charge is 2.08. The molecule has 1 heterocycles. The summed E-state index contributed by atoms with van der Waals surface area (Å²) in [6, 6.07) is 9.30. The Balaban J connectivity index is 1.61. The lowest BCUT2D eigenvalue weighted by atomic mass is 10.0. The van der Waals surface area contributed by atoms with Gasteiger partial charge in [0.2, 0.25) is 0 Å². The number of hydrogen-bond acceptors (Lipinski definition) is 2. The lowest BCUT2D eigenvalue weighted by Crippen LogP contribution is -2.43. The molecule has 1 aliphatic heterocycles. The monoisotopic (exact) mass is 274 g/mol. The van der Waals surface area contributed by atoms with Gasteiger partial charge in [0.05, 0.1) is 0 Å². The number of piperazine rings is 1. The van der Waals surface area contributed by atoms with Gasteiger partial charge >= 0.3 is 0 Å². The fraction of sp³-hybridized carbons (Fsp3) is 0.667. The van der Waals surface area contributed by atoms with Gasteiger partial charge in [0, 0.05) is 26.2 Å². The average Bonchev–Trinajstić information content (AvgIpc) is 2.52. The summed E-state index contributed by atoms with van der Waals surface area (Å²) >= 11 is 0. The van der Waals surface area contributed by atoms with E-state index in [0.717, 1.165) is 0 Å². The predicted octanol–water partition coefficient (Wildman–Crippen LogP) is 3.26. The van der Waals surface area contributed by atoms with Crippen molar-refractivity contribution in [2.75, 3.05) is 32.7 Å². The van der Waals surface area contributed by atoms with Crippen molar-refractivity contribution in [3.8, 4) is 0 Å². The van der Waals surface area contributed by atoms with E-state index >= 15 is 0 Å². The molecule has 20 heavy (non-hydrogen) atoms. The maximum absolute atomic E-state index is 3.41. The Bertz CT molecular complexity index is 352. The van der Waals surface area contributed by atoms with Crippen LogP contribution in [0.5, 0.6) is 0 Å². The van der Waals surface area contributed by atoms with Crippen molar-refractivity contribution in [2.45, 2.75) is 45.4 Å². The summed E-state index contributed by atoms with van der Waals surface area (Å²) in [6.07, 6.45) is 7.72. The van der Waals surface area contributed by atoms with Crippen LogP contribution in [0.1, 0.15) is 43.7 Å². The molecule has 0 amide bonds. The zero-order valence-electron chi connectivity index (χ0n) is 13.0. The van der Waals surface area contributed by atoms with Gasteiger partial charge < -0.3 is 10.2 Å². The topological polar surface area (TPSA) is 15.3 Å². The number of aryl methyl sites for hydroxylation is 2. The standard InChI is InChI=1S/C18H30N2/c1-2-3-6-17-8-10-18(11-9-17)7-4-5-14-20-15-12-19-13-16-20/h8-11,19H,2-7,12-16H2,1H3. The normalized spacial score (nSPS) is 16.4. The summed E-state index contributed by atoms with van der Waals surface area (Å²) < 4.78 is 0. The van der Waals surface area contributed by atoms with Gasteiger partial charge in [-0.2, -0.15) is 0 Å². The largest absolute Gasteiger partial charge is 0.314 e. The van der Waals surface area contributed by atoms with Crippen LogP contribution in [0.4, 0.5) is 0 Å². The molecular weight excluding hydrogens is 244 g/mol. The molecule has 1 saturated heterocycles. The quantitative estimate of drug-likeness (QED) is 0.732. The van der Waals surface area contributed by atoms with Gasteiger partial charge in [0.15, 0.2) is 0 Å². The zero-order valence-corrected chi connectivity index (χ0v) is 13.0. The van der Waals surface area contributed by atoms with E-state index in [1.807, 2.05) is 0 Å². The van der Waals surface area contributed by atoms with Crippen LogP contribution in [0, 0.1) is 0 Å². The molecule has 0 spiro atoms. The lowest BCUT2D eigenvalue weighted by Gasteiger charge is -2.27. The third kappa shape index (κ3) is 5.64. The van der Waals surface area contributed by atoms with Crippen LogP contribution in [-0.4, -0.2) is 37.6 Å². The predicted molar refractivity (Wildman–Crippen MR) is 87.3 cm³/mol. The number of rotatable bonds is 8. The number of benzene rings is 1. The van der Waals surface area contributed by atoms with Crippen LogP contribution in [-0.2, 0) is 12.8 Å². The van der Waals surface area contributed by atoms with E-state index in [1.54, 1.807) is 0 Å². The molecule has 0 atom stereocenters. The van der Waals surface area contributed by atoms with Gasteiger partial charge in [-0.15, -0.1) is 0 Å². The van der Waals surface area contributed by atoms with Crippen molar-refractivity contribution < 1.29 is 0 Å². The van der Waals surface area contributed by atoms with Gasteiger partial charge in [0.25, 0.3) is 0 Å². The maximum atomic E-state index is 3.41. The molecule has 0 aromatic heterocycles. The SMILES string of the molecule is CCCCc1ccc(CCCCN2CCNCC2)cc1. The smallest absolute Gasteiger partial charge is 0.0107 e. The molecule has 0 aliphatic carbocycles. The summed E-state index contributed by atoms with van der Waals surface area (Å²) in [5.74, 6) is 0. The molecular formula is C18H30N2. The number of nitrogens with one attached hydrogen (secondary N) is 1. The molecule has 1 aromatic rings. The zero-order chi connectivity index (χ0) is 14.0. The summed E-state index contributed by atoms with van der Waals surface area (Å²) in [6.45, 7) is 8.32. The first-order chi connectivity index (χ1) is 9.88. The summed E-state index contributed by atoms with van der Waals surface area (Å²) in [5.41, 5.74) is 3.00. The molecule has 0 bridgehead atoms. The fourth-order valence-electron chi connectivity index (χ4n) is 2.85. The molecule has 2 nitrogen and oxygen atoms in total. The fourth-order valence-corrected chi connectivity index (χ4v) is 2.85. The number of hydrogen-bond donors (Lipinski definition) is 1. The van der Waals surface area contributed by atoms with Crippen molar-refractivity contribution in [3.05, 3.63) is 35.4 Å². The van der Waals surface area contributed by atoms with Gasteiger partial charge in [-0.05, 0) is 49.8 Å². The highest BCUT2D eigenvalue weighted by molar-refractivity contribution is 5.22. The van der Waals surface area contributed by atoms with Crippen molar-refractivity contribution in [1.82, 2.24) is 10.2 Å². The second-order valence-electron chi connectivity index (χ2n) is 5.97. The van der Waals surface area contributed by atoms with Crippen LogP contribution in [0.2, 0.25) is 0 Å². The second kappa shape index (κ2) is 9.15. The first kappa shape index (κ1) is 15.5. The van der Waals surface area contributed by atoms with E-state index in [-0.39, 0.29) is 0 Å². The minimum absolute atomic E-state index is 1.17. The van der Waals surface area contributed by atoms with E-state index < -0.39 is 0 Å². The van der Waals surface area contributed by atoms with Gasteiger partial charge in [0.1, 0.15) is 0 Å².